The van der Waals surface area contributed by atoms with Crippen LogP contribution in [-0.4, -0.2) is 32.0 Å². The number of rotatable bonds is 8. The Morgan fingerprint density at radius 3 is 2.72 bits per heavy atom. The molecule has 0 radical (unpaired) electrons. The van der Waals surface area contributed by atoms with E-state index < -0.39 is 0 Å². The third-order valence-electron chi connectivity index (χ3n) is 4.07. The van der Waals surface area contributed by atoms with Crippen molar-refractivity contribution in [3.8, 4) is 11.5 Å². The highest BCUT2D eigenvalue weighted by atomic mass is 79.9. The number of benzene rings is 2. The average molecular weight is 458 g/mol. The summed E-state index contributed by atoms with van der Waals surface area (Å²) in [6.07, 6.45) is 3.11. The number of halogens is 1. The van der Waals surface area contributed by atoms with Gasteiger partial charge in [0.25, 0.3) is 5.91 Å². The Kier molecular flexibility index (Phi) is 6.72. The van der Waals surface area contributed by atoms with Crippen molar-refractivity contribution in [1.82, 2.24) is 5.32 Å². The molecule has 0 fully saturated rings. The molecule has 29 heavy (non-hydrogen) atoms. The third-order valence-corrected chi connectivity index (χ3v) is 4.56. The molecule has 0 bridgehead atoms. The molecular weight excluding hydrogens is 438 g/mol. The first-order chi connectivity index (χ1) is 14.0. The maximum atomic E-state index is 12.4. The van der Waals surface area contributed by atoms with Crippen molar-refractivity contribution >= 4 is 44.7 Å². The highest BCUT2D eigenvalue weighted by molar-refractivity contribution is 9.10. The number of methoxy groups -OCH3 is 1. The van der Waals surface area contributed by atoms with Gasteiger partial charge in [-0.2, -0.15) is 0 Å². The number of allylic oxidation sites excluding steroid dienone is 1. The zero-order chi connectivity index (χ0) is 20.8. The average Bonchev–Trinajstić information content (AvgIpc) is 3.14. The summed E-state index contributed by atoms with van der Waals surface area (Å²) in [6, 6.07) is 12.5. The maximum Gasteiger partial charge on any atom is 0.257 e. The summed E-state index contributed by atoms with van der Waals surface area (Å²) >= 11 is 3.40. The van der Waals surface area contributed by atoms with Gasteiger partial charge < -0.3 is 19.2 Å². The van der Waals surface area contributed by atoms with Gasteiger partial charge in [0.05, 0.1) is 7.11 Å². The second kappa shape index (κ2) is 9.43. The Morgan fingerprint density at radius 1 is 1.14 bits per heavy atom. The van der Waals surface area contributed by atoms with Crippen LogP contribution < -0.4 is 14.8 Å². The molecule has 0 saturated carbocycles. The predicted molar refractivity (Wildman–Crippen MR) is 114 cm³/mol. The highest BCUT2D eigenvalue weighted by Crippen LogP contribution is 2.29. The van der Waals surface area contributed by atoms with Crippen molar-refractivity contribution in [1.29, 1.82) is 0 Å². The van der Waals surface area contributed by atoms with Gasteiger partial charge in [-0.15, -0.1) is 0 Å². The van der Waals surface area contributed by atoms with E-state index in [9.17, 15) is 9.59 Å². The van der Waals surface area contributed by atoms with Gasteiger partial charge in [-0.05, 0) is 55.0 Å². The third kappa shape index (κ3) is 5.26. The minimum absolute atomic E-state index is 0.0972. The molecule has 0 saturated heterocycles. The van der Waals surface area contributed by atoms with Crippen molar-refractivity contribution in [3.05, 3.63) is 64.3 Å². The molecule has 2 aromatic carbocycles. The molecule has 0 aliphatic rings. The van der Waals surface area contributed by atoms with E-state index in [0.717, 1.165) is 15.4 Å². The van der Waals surface area contributed by atoms with Crippen LogP contribution in [0.4, 0.5) is 0 Å². The van der Waals surface area contributed by atoms with Gasteiger partial charge in [0, 0.05) is 16.4 Å². The lowest BCUT2D eigenvalue weighted by Crippen LogP contribution is -2.28. The molecule has 0 spiro atoms. The molecule has 3 aromatic rings. The maximum absolute atomic E-state index is 12.4. The Labute approximate surface area is 176 Å². The van der Waals surface area contributed by atoms with Crippen LogP contribution in [0.2, 0.25) is 0 Å². The summed E-state index contributed by atoms with van der Waals surface area (Å²) in [7, 11) is 1.51. The fraction of sp³-hybridized carbons (Fsp3) is 0.182. The SMILES string of the molecule is CCNC(=O)COc1ccc(/C=C/C(=O)c2cc3cc(Br)ccc3o2)cc1OC. The fourth-order valence-corrected chi connectivity index (χ4v) is 3.07. The van der Waals surface area contributed by atoms with E-state index in [2.05, 4.69) is 21.2 Å². The lowest BCUT2D eigenvalue weighted by molar-refractivity contribution is -0.123. The van der Waals surface area contributed by atoms with Crippen LogP contribution >= 0.6 is 15.9 Å². The molecule has 1 aromatic heterocycles. The number of carbonyl (C=O) groups is 2. The van der Waals surface area contributed by atoms with Crippen LogP contribution in [0.25, 0.3) is 17.0 Å². The zero-order valence-electron chi connectivity index (χ0n) is 16.0. The number of furan rings is 1. The summed E-state index contributed by atoms with van der Waals surface area (Å²) in [5.74, 6) is 0.737. The summed E-state index contributed by atoms with van der Waals surface area (Å²) in [5, 5.41) is 3.51. The summed E-state index contributed by atoms with van der Waals surface area (Å²) in [5.41, 5.74) is 1.40. The number of hydrogen-bond acceptors (Lipinski definition) is 5. The predicted octanol–water partition coefficient (Wildman–Crippen LogP) is 4.61. The minimum atomic E-state index is -0.243. The fourth-order valence-electron chi connectivity index (χ4n) is 2.69. The topological polar surface area (TPSA) is 77.8 Å². The van der Waals surface area contributed by atoms with Gasteiger partial charge in [-0.1, -0.05) is 28.1 Å². The molecule has 0 aliphatic carbocycles. The molecule has 6 nitrogen and oxygen atoms in total. The van der Waals surface area contributed by atoms with E-state index in [1.807, 2.05) is 25.1 Å². The van der Waals surface area contributed by atoms with Gasteiger partial charge in [0.15, 0.2) is 23.9 Å². The van der Waals surface area contributed by atoms with E-state index >= 15 is 0 Å². The molecule has 1 heterocycles. The van der Waals surface area contributed by atoms with Gasteiger partial charge in [-0.25, -0.2) is 0 Å². The largest absolute Gasteiger partial charge is 0.493 e. The lowest BCUT2D eigenvalue weighted by atomic mass is 10.1. The van der Waals surface area contributed by atoms with E-state index in [-0.39, 0.29) is 24.1 Å². The molecule has 0 unspecified atom stereocenters. The van der Waals surface area contributed by atoms with E-state index in [1.54, 1.807) is 30.3 Å². The zero-order valence-corrected chi connectivity index (χ0v) is 17.6. The van der Waals surface area contributed by atoms with Gasteiger partial charge in [0.1, 0.15) is 5.58 Å². The van der Waals surface area contributed by atoms with Crippen LogP contribution in [-0.2, 0) is 4.79 Å². The van der Waals surface area contributed by atoms with Crippen LogP contribution in [0.5, 0.6) is 11.5 Å². The number of ether oxygens (including phenoxy) is 2. The van der Waals surface area contributed by atoms with Crippen molar-refractivity contribution in [2.75, 3.05) is 20.3 Å². The van der Waals surface area contributed by atoms with Crippen LogP contribution in [0, 0.1) is 0 Å². The molecular formula is C22H20BrNO5. The van der Waals surface area contributed by atoms with Crippen molar-refractivity contribution in [3.63, 3.8) is 0 Å². The van der Waals surface area contributed by atoms with Crippen molar-refractivity contribution < 1.29 is 23.5 Å². The van der Waals surface area contributed by atoms with Crippen LogP contribution in [0.1, 0.15) is 23.0 Å². The van der Waals surface area contributed by atoms with Crippen LogP contribution in [0.3, 0.4) is 0 Å². The van der Waals surface area contributed by atoms with E-state index in [4.69, 9.17) is 13.9 Å². The van der Waals surface area contributed by atoms with Gasteiger partial charge in [-0.3, -0.25) is 9.59 Å². The van der Waals surface area contributed by atoms with Crippen molar-refractivity contribution in [2.24, 2.45) is 0 Å². The Bertz CT molecular complexity index is 1070. The number of amides is 1. The number of hydrogen-bond donors (Lipinski definition) is 1. The van der Waals surface area contributed by atoms with E-state index in [1.165, 1.54) is 13.2 Å². The Morgan fingerprint density at radius 2 is 1.97 bits per heavy atom. The number of ketones is 1. The molecule has 1 N–H and O–H groups in total. The molecule has 0 aliphatic heterocycles. The van der Waals surface area contributed by atoms with E-state index in [0.29, 0.717) is 23.6 Å². The first kappa shape index (κ1) is 20.7. The van der Waals surface area contributed by atoms with Crippen molar-refractivity contribution in [2.45, 2.75) is 6.92 Å². The van der Waals surface area contributed by atoms with Gasteiger partial charge in [0.2, 0.25) is 5.78 Å². The monoisotopic (exact) mass is 457 g/mol. The molecule has 3 rings (SSSR count). The van der Waals surface area contributed by atoms with Crippen LogP contribution in [0.15, 0.2) is 57.4 Å². The lowest BCUT2D eigenvalue weighted by Gasteiger charge is -2.11. The first-order valence-electron chi connectivity index (χ1n) is 8.99. The quantitative estimate of drug-likeness (QED) is 0.394. The molecule has 0 atom stereocenters. The van der Waals surface area contributed by atoms with Gasteiger partial charge >= 0.3 is 0 Å². The Balaban J connectivity index is 1.71. The number of fused-ring (bicyclic) bond motifs is 1. The standard InChI is InChI=1S/C22H20BrNO5/c1-3-24-22(26)13-28-19-8-5-14(10-21(19)27-2)4-7-17(25)20-12-15-11-16(23)6-9-18(15)29-20/h4-12H,3,13H2,1-2H3,(H,24,26)/b7-4+. The smallest absolute Gasteiger partial charge is 0.257 e. The summed E-state index contributed by atoms with van der Waals surface area (Å²) in [4.78, 5) is 24.0. The normalized spacial score (nSPS) is 11.0. The summed E-state index contributed by atoms with van der Waals surface area (Å²) in [6.45, 7) is 2.28. The number of likely N-dealkylation sites (N-methyl/N-ethyl adjacent to an activating group) is 1. The first-order valence-corrected chi connectivity index (χ1v) is 9.78. The molecule has 1 amide bonds. The molecule has 7 heteroatoms. The molecule has 150 valence electrons. The second-order valence-electron chi connectivity index (χ2n) is 6.14. The minimum Gasteiger partial charge on any atom is -0.493 e. The highest BCUT2D eigenvalue weighted by Gasteiger charge is 2.11. The number of nitrogens with one attached hydrogen (secondary N) is 1. The number of carbonyl (C=O) groups excluding carboxylic acids is 2. The summed E-state index contributed by atoms with van der Waals surface area (Å²) < 4.78 is 17.3. The Hall–Kier alpha value is -3.06. The second-order valence-corrected chi connectivity index (χ2v) is 7.06.